The predicted molar refractivity (Wildman–Crippen MR) is 120 cm³/mol. The number of nitrogens with one attached hydrogen (secondary N) is 1. The van der Waals surface area contributed by atoms with E-state index >= 15 is 0 Å². The topological polar surface area (TPSA) is 123 Å². The third-order valence-corrected chi connectivity index (χ3v) is 7.05. The zero-order valence-electron chi connectivity index (χ0n) is 17.8. The van der Waals surface area contributed by atoms with Gasteiger partial charge >= 0.3 is 11.7 Å². The van der Waals surface area contributed by atoms with Crippen molar-refractivity contribution < 1.29 is 19.7 Å². The van der Waals surface area contributed by atoms with Gasteiger partial charge in [-0.05, 0) is 44.4 Å². The van der Waals surface area contributed by atoms with Crippen molar-refractivity contribution in [3.8, 4) is 5.75 Å². The molecule has 1 aliphatic rings. The number of para-hydroxylation sites is 1. The number of carboxylic acid groups (broad SMARTS) is 1. The maximum absolute atomic E-state index is 13.5. The summed E-state index contributed by atoms with van der Waals surface area (Å²) in [6, 6.07) is 6.80. The molecule has 10 heteroatoms. The SMILES string of the molecule is Cc1c(C2NC=CO2)sc2c1c(=O)n(C(C)(C)C(=O)O)c(=O)n2CCc1ccccc1O. The van der Waals surface area contributed by atoms with Crippen LogP contribution in [0, 0.1) is 6.92 Å². The predicted octanol–water partition coefficient (Wildman–Crippen LogP) is 2.39. The molecule has 1 unspecified atom stereocenters. The zero-order valence-corrected chi connectivity index (χ0v) is 18.6. The van der Waals surface area contributed by atoms with Gasteiger partial charge in [-0.2, -0.15) is 0 Å². The van der Waals surface area contributed by atoms with Crippen molar-refractivity contribution in [3.63, 3.8) is 0 Å². The van der Waals surface area contributed by atoms with Crippen LogP contribution in [0.2, 0.25) is 0 Å². The first-order valence-corrected chi connectivity index (χ1v) is 10.8. The Morgan fingerprint density at radius 3 is 2.62 bits per heavy atom. The smallest absolute Gasteiger partial charge is 0.333 e. The summed E-state index contributed by atoms with van der Waals surface area (Å²) in [7, 11) is 0. The van der Waals surface area contributed by atoms with E-state index in [9.17, 15) is 24.6 Å². The minimum Gasteiger partial charge on any atom is -0.508 e. The summed E-state index contributed by atoms with van der Waals surface area (Å²) < 4.78 is 7.75. The first-order valence-electron chi connectivity index (χ1n) is 10.0. The lowest BCUT2D eigenvalue weighted by molar-refractivity contribution is -0.146. The van der Waals surface area contributed by atoms with E-state index in [0.29, 0.717) is 22.4 Å². The van der Waals surface area contributed by atoms with Gasteiger partial charge in [0, 0.05) is 12.7 Å². The van der Waals surface area contributed by atoms with Crippen LogP contribution in [-0.2, 0) is 28.0 Å². The highest BCUT2D eigenvalue weighted by Gasteiger charge is 2.35. The van der Waals surface area contributed by atoms with E-state index < -0.39 is 29.0 Å². The fourth-order valence-corrected chi connectivity index (χ4v) is 5.09. The third kappa shape index (κ3) is 3.36. The molecule has 0 bridgehead atoms. The zero-order chi connectivity index (χ0) is 23.2. The second kappa shape index (κ2) is 7.86. The molecule has 0 saturated heterocycles. The molecule has 0 saturated carbocycles. The minimum atomic E-state index is -1.75. The molecule has 9 nitrogen and oxygen atoms in total. The number of carbonyl (C=O) groups is 1. The molecule has 4 rings (SSSR count). The van der Waals surface area contributed by atoms with Crippen LogP contribution in [-0.4, -0.2) is 25.3 Å². The number of benzene rings is 1. The highest BCUT2D eigenvalue weighted by Crippen LogP contribution is 2.35. The fourth-order valence-electron chi connectivity index (χ4n) is 3.78. The number of aryl methyl sites for hydroxylation is 3. The molecule has 1 aliphatic heterocycles. The number of thiophene rings is 1. The summed E-state index contributed by atoms with van der Waals surface area (Å²) in [5.74, 6) is -1.19. The van der Waals surface area contributed by atoms with Gasteiger partial charge in [-0.25, -0.2) is 14.2 Å². The Morgan fingerprint density at radius 1 is 1.28 bits per heavy atom. The largest absolute Gasteiger partial charge is 0.508 e. The van der Waals surface area contributed by atoms with Crippen LogP contribution in [0.4, 0.5) is 0 Å². The number of carboxylic acids is 1. The standard InChI is InChI=1S/C22H23N3O6S/c1-12-15-18(27)25(22(2,3)20(28)29)21(30)24(10-8-13-6-4-5-7-14(13)26)19(15)32-16(12)17-23-9-11-31-17/h4-7,9,11,17,23,26H,8,10H2,1-3H3,(H,28,29). The number of aromatic nitrogens is 2. The number of phenolic OH excluding ortho intramolecular Hbond substituents is 1. The van der Waals surface area contributed by atoms with Gasteiger partial charge in [0.1, 0.15) is 22.4 Å². The maximum atomic E-state index is 13.5. The molecule has 0 spiro atoms. The van der Waals surface area contributed by atoms with Crippen molar-refractivity contribution in [2.75, 3.05) is 0 Å². The molecule has 3 N–H and O–H groups in total. The van der Waals surface area contributed by atoms with Crippen molar-refractivity contribution in [3.05, 3.63) is 73.6 Å². The van der Waals surface area contributed by atoms with Gasteiger partial charge in [-0.1, -0.05) is 18.2 Å². The number of phenols is 1. The van der Waals surface area contributed by atoms with Gasteiger partial charge < -0.3 is 20.3 Å². The summed E-state index contributed by atoms with van der Waals surface area (Å²) in [6.07, 6.45) is 2.98. The average molecular weight is 458 g/mol. The van der Waals surface area contributed by atoms with E-state index in [1.165, 1.54) is 36.0 Å². The molecule has 168 valence electrons. The van der Waals surface area contributed by atoms with E-state index in [0.717, 1.165) is 9.44 Å². The quantitative estimate of drug-likeness (QED) is 0.519. The van der Waals surface area contributed by atoms with E-state index in [2.05, 4.69) is 5.32 Å². The van der Waals surface area contributed by atoms with Crippen LogP contribution >= 0.6 is 11.3 Å². The highest BCUT2D eigenvalue weighted by atomic mass is 32.1. The van der Waals surface area contributed by atoms with Crippen LogP contribution in [0.25, 0.3) is 10.2 Å². The fraction of sp³-hybridized carbons (Fsp3) is 0.318. The van der Waals surface area contributed by atoms with Gasteiger partial charge in [0.15, 0.2) is 0 Å². The molecule has 0 radical (unpaired) electrons. The van der Waals surface area contributed by atoms with Crippen LogP contribution in [0.3, 0.4) is 0 Å². The van der Waals surface area contributed by atoms with Gasteiger partial charge in [-0.3, -0.25) is 9.36 Å². The lowest BCUT2D eigenvalue weighted by Crippen LogP contribution is -2.52. The van der Waals surface area contributed by atoms with Crippen LogP contribution in [0.5, 0.6) is 5.75 Å². The lowest BCUT2D eigenvalue weighted by Gasteiger charge is -2.23. The lowest BCUT2D eigenvalue weighted by atomic mass is 10.1. The molecule has 0 aliphatic carbocycles. The molecule has 3 aromatic rings. The van der Waals surface area contributed by atoms with E-state index in [1.54, 1.807) is 37.4 Å². The number of rotatable bonds is 6. The first-order chi connectivity index (χ1) is 15.1. The number of ether oxygens (including phenoxy) is 1. The van der Waals surface area contributed by atoms with Crippen molar-refractivity contribution in [1.82, 2.24) is 14.5 Å². The molecule has 32 heavy (non-hydrogen) atoms. The van der Waals surface area contributed by atoms with Gasteiger partial charge in [0.25, 0.3) is 5.56 Å². The molecule has 3 heterocycles. The normalized spacial score (nSPS) is 15.7. The van der Waals surface area contributed by atoms with E-state index in [1.807, 2.05) is 0 Å². The highest BCUT2D eigenvalue weighted by molar-refractivity contribution is 7.19. The second-order valence-electron chi connectivity index (χ2n) is 8.07. The number of hydrogen-bond donors (Lipinski definition) is 3. The minimum absolute atomic E-state index is 0.105. The van der Waals surface area contributed by atoms with Crippen molar-refractivity contribution in [2.24, 2.45) is 0 Å². The number of hydrogen-bond acceptors (Lipinski definition) is 7. The number of aromatic hydroxyl groups is 1. The van der Waals surface area contributed by atoms with Crippen molar-refractivity contribution in [2.45, 2.75) is 45.5 Å². The van der Waals surface area contributed by atoms with E-state index in [-0.39, 0.29) is 17.7 Å². The Labute approximate surface area is 186 Å². The van der Waals surface area contributed by atoms with E-state index in [4.69, 9.17) is 4.74 Å². The van der Waals surface area contributed by atoms with Crippen LogP contribution < -0.4 is 16.6 Å². The summed E-state index contributed by atoms with van der Waals surface area (Å²) in [4.78, 5) is 39.9. The van der Waals surface area contributed by atoms with Crippen molar-refractivity contribution in [1.29, 1.82) is 0 Å². The molecule has 1 aromatic carbocycles. The molecule has 2 aromatic heterocycles. The van der Waals surface area contributed by atoms with Crippen LogP contribution in [0.15, 0.2) is 46.3 Å². The van der Waals surface area contributed by atoms with Gasteiger partial charge in [-0.15, -0.1) is 11.3 Å². The average Bonchev–Trinajstić information content (AvgIpc) is 3.37. The Bertz CT molecular complexity index is 1360. The first kappa shape index (κ1) is 21.7. The van der Waals surface area contributed by atoms with Crippen LogP contribution in [0.1, 0.15) is 36.1 Å². The van der Waals surface area contributed by atoms with Gasteiger partial charge in [0.05, 0.1) is 10.3 Å². The summed E-state index contributed by atoms with van der Waals surface area (Å²) in [5.41, 5.74) is -1.85. The summed E-state index contributed by atoms with van der Waals surface area (Å²) in [5, 5.41) is 23.2. The number of fused-ring (bicyclic) bond motifs is 1. The second-order valence-corrected chi connectivity index (χ2v) is 9.11. The Balaban J connectivity index is 1.96. The Morgan fingerprint density at radius 2 is 2.00 bits per heavy atom. The molecule has 0 fully saturated rings. The summed E-state index contributed by atoms with van der Waals surface area (Å²) in [6.45, 7) is 4.56. The maximum Gasteiger partial charge on any atom is 0.333 e. The monoisotopic (exact) mass is 457 g/mol. The third-order valence-electron chi connectivity index (χ3n) is 5.70. The number of aliphatic carboxylic acids is 1. The molecular formula is C22H23N3O6S. The number of nitrogens with zero attached hydrogens (tertiary/aromatic N) is 2. The molecule has 1 atom stereocenters. The summed E-state index contributed by atoms with van der Waals surface area (Å²) >= 11 is 1.26. The van der Waals surface area contributed by atoms with Crippen molar-refractivity contribution >= 4 is 27.5 Å². The molecular weight excluding hydrogens is 434 g/mol. The van der Waals surface area contributed by atoms with Gasteiger partial charge in [0.2, 0.25) is 6.23 Å². The Hall–Kier alpha value is -3.53. The molecule has 0 amide bonds. The Kier molecular flexibility index (Phi) is 5.33.